The fourth-order valence-corrected chi connectivity index (χ4v) is 1.10. The Morgan fingerprint density at radius 2 is 1.87 bits per heavy atom. The van der Waals surface area contributed by atoms with Crippen LogP contribution in [0.5, 0.6) is 0 Å². The van der Waals surface area contributed by atoms with Gasteiger partial charge < -0.3 is 13.8 Å². The van der Waals surface area contributed by atoms with Crippen molar-refractivity contribution in [1.82, 2.24) is 4.90 Å². The molecular formula is C7H15NO6S. The predicted molar refractivity (Wildman–Crippen MR) is 51.6 cm³/mol. The first-order valence-corrected chi connectivity index (χ1v) is 5.61. The van der Waals surface area contributed by atoms with Crippen LogP contribution in [-0.4, -0.2) is 57.2 Å². The molecular weight excluding hydrogens is 226 g/mol. The Hall–Kier alpha value is -0.700. The largest absolute Gasteiger partial charge is 0.448 e. The summed E-state index contributed by atoms with van der Waals surface area (Å²) in [5, 5.41) is 0. The second-order valence-electron chi connectivity index (χ2n) is 2.92. The number of nitrogens with zero attached hydrogens (tertiary/aromatic N) is 1. The Morgan fingerprint density at radius 3 is 2.00 bits per heavy atom. The molecule has 0 aliphatic carbocycles. The number of rotatable bonds is 1. The van der Waals surface area contributed by atoms with Crippen LogP contribution in [0.1, 0.15) is 6.92 Å². The predicted octanol–water partition coefficient (Wildman–Crippen LogP) is -0.699. The monoisotopic (exact) mass is 241 g/mol. The van der Waals surface area contributed by atoms with Crippen LogP contribution in [0.15, 0.2) is 0 Å². The van der Waals surface area contributed by atoms with Crippen LogP contribution in [0.3, 0.4) is 0 Å². The summed E-state index contributed by atoms with van der Waals surface area (Å²) in [6.07, 6.45) is 0. The lowest BCUT2D eigenvalue weighted by Crippen LogP contribution is -2.32. The molecule has 1 N–H and O–H groups in total. The van der Waals surface area contributed by atoms with Gasteiger partial charge in [-0.15, -0.1) is 0 Å². The summed E-state index contributed by atoms with van der Waals surface area (Å²) in [4.78, 5) is 12.0. The fourth-order valence-electron chi connectivity index (χ4n) is 0.803. The van der Waals surface area contributed by atoms with Crippen molar-refractivity contribution in [1.29, 1.82) is 0 Å². The van der Waals surface area contributed by atoms with E-state index in [0.717, 1.165) is 33.2 Å². The molecule has 0 saturated carbocycles. The Morgan fingerprint density at radius 1 is 1.40 bits per heavy atom. The zero-order valence-electron chi connectivity index (χ0n) is 8.67. The smallest absolute Gasteiger partial charge is 0.379 e. The molecule has 0 aromatic carbocycles. The molecule has 1 fully saturated rings. The standard InChI is InChI=1S/C5H11NO.C2H4O5S/c1-6-2-4-7-5-3-6;1-2(3)7-8(4,5)6/h2-5H2,1H3;1H3,(H,4,5,6). The van der Waals surface area contributed by atoms with Crippen molar-refractivity contribution in [2.45, 2.75) is 6.92 Å². The number of likely N-dealkylation sites (N-methyl/N-ethyl adjacent to an activating group) is 1. The summed E-state index contributed by atoms with van der Waals surface area (Å²) in [5.74, 6) is -1.06. The molecule has 0 radical (unpaired) electrons. The molecule has 15 heavy (non-hydrogen) atoms. The maximum Gasteiger partial charge on any atom is 0.448 e. The summed E-state index contributed by atoms with van der Waals surface area (Å²) < 4.78 is 35.3. The first-order valence-electron chi connectivity index (χ1n) is 4.25. The summed E-state index contributed by atoms with van der Waals surface area (Å²) >= 11 is 0. The highest BCUT2D eigenvalue weighted by Crippen LogP contribution is 1.89. The average Bonchev–Trinajstić information content (AvgIpc) is 2.01. The summed E-state index contributed by atoms with van der Waals surface area (Å²) in [6.45, 7) is 4.89. The number of morpholine rings is 1. The van der Waals surface area contributed by atoms with Gasteiger partial charge in [0.15, 0.2) is 0 Å². The van der Waals surface area contributed by atoms with Gasteiger partial charge in [0.2, 0.25) is 0 Å². The van der Waals surface area contributed by atoms with Crippen LogP contribution in [0.4, 0.5) is 0 Å². The highest BCUT2D eigenvalue weighted by atomic mass is 32.3. The molecule has 0 bridgehead atoms. The first kappa shape index (κ1) is 14.3. The van der Waals surface area contributed by atoms with Crippen LogP contribution >= 0.6 is 0 Å². The van der Waals surface area contributed by atoms with Gasteiger partial charge in [-0.1, -0.05) is 0 Å². The third-order valence-corrected chi connectivity index (χ3v) is 1.90. The minimum atomic E-state index is -4.57. The van der Waals surface area contributed by atoms with Crippen molar-refractivity contribution >= 4 is 16.4 Å². The lowest BCUT2D eigenvalue weighted by Gasteiger charge is -2.21. The molecule has 0 aromatic heterocycles. The van der Waals surface area contributed by atoms with Crippen molar-refractivity contribution < 1.29 is 26.7 Å². The van der Waals surface area contributed by atoms with Gasteiger partial charge in [0.25, 0.3) is 0 Å². The van der Waals surface area contributed by atoms with E-state index >= 15 is 0 Å². The van der Waals surface area contributed by atoms with E-state index in [4.69, 9.17) is 9.29 Å². The topological polar surface area (TPSA) is 93.1 Å². The van der Waals surface area contributed by atoms with E-state index in [-0.39, 0.29) is 0 Å². The van der Waals surface area contributed by atoms with Crippen molar-refractivity contribution in [3.63, 3.8) is 0 Å². The molecule has 1 aliphatic heterocycles. The summed E-state index contributed by atoms with van der Waals surface area (Å²) in [5.41, 5.74) is 0. The molecule has 90 valence electrons. The van der Waals surface area contributed by atoms with Gasteiger partial charge in [0.05, 0.1) is 13.2 Å². The van der Waals surface area contributed by atoms with Crippen molar-refractivity contribution in [2.75, 3.05) is 33.4 Å². The van der Waals surface area contributed by atoms with Crippen molar-refractivity contribution in [3.05, 3.63) is 0 Å². The van der Waals surface area contributed by atoms with Gasteiger partial charge in [0.1, 0.15) is 0 Å². The SMILES string of the molecule is CC(=O)OS(=O)(=O)O.CN1CCOCC1. The number of hydrogen-bond acceptors (Lipinski definition) is 6. The van der Waals surface area contributed by atoms with Gasteiger partial charge in [-0.05, 0) is 7.05 Å². The molecule has 8 heteroatoms. The number of ether oxygens (including phenoxy) is 1. The molecule has 1 heterocycles. The number of carbonyl (C=O) groups excluding carboxylic acids is 1. The minimum absolute atomic E-state index is 0.869. The van der Waals surface area contributed by atoms with Crippen molar-refractivity contribution in [3.8, 4) is 0 Å². The van der Waals surface area contributed by atoms with Gasteiger partial charge in [-0.2, -0.15) is 8.42 Å². The van der Waals surface area contributed by atoms with E-state index in [1.165, 1.54) is 0 Å². The van der Waals surface area contributed by atoms with Gasteiger partial charge in [-0.25, -0.2) is 0 Å². The third kappa shape index (κ3) is 11.2. The fraction of sp³-hybridized carbons (Fsp3) is 0.857. The Labute approximate surface area is 88.9 Å². The molecule has 0 aromatic rings. The van der Waals surface area contributed by atoms with E-state index in [9.17, 15) is 13.2 Å². The first-order chi connectivity index (χ1) is 6.81. The second kappa shape index (κ2) is 6.72. The highest BCUT2D eigenvalue weighted by Gasteiger charge is 2.06. The molecule has 7 nitrogen and oxygen atoms in total. The minimum Gasteiger partial charge on any atom is -0.379 e. The summed E-state index contributed by atoms with van der Waals surface area (Å²) in [6, 6.07) is 0. The maximum atomic E-state index is 9.70. The normalized spacial score (nSPS) is 17.5. The molecule has 1 aliphatic rings. The zero-order chi connectivity index (χ0) is 11.9. The molecule has 0 amide bonds. The lowest BCUT2D eigenvalue weighted by atomic mass is 10.5. The van der Waals surface area contributed by atoms with Gasteiger partial charge in [-0.3, -0.25) is 9.35 Å². The Kier molecular flexibility index (Phi) is 6.41. The lowest BCUT2D eigenvalue weighted by molar-refractivity contribution is -0.131. The molecule has 1 rings (SSSR count). The van der Waals surface area contributed by atoms with Gasteiger partial charge in [0, 0.05) is 20.0 Å². The maximum absolute atomic E-state index is 9.70. The Bertz CT molecular complexity index is 282. The van der Waals surface area contributed by atoms with E-state index < -0.39 is 16.4 Å². The van der Waals surface area contributed by atoms with Crippen LogP contribution < -0.4 is 0 Å². The van der Waals surface area contributed by atoms with E-state index in [1.54, 1.807) is 0 Å². The molecule has 0 atom stereocenters. The van der Waals surface area contributed by atoms with Gasteiger partial charge >= 0.3 is 16.4 Å². The third-order valence-electron chi connectivity index (χ3n) is 1.46. The Balaban J connectivity index is 0.000000262. The number of hydrogen-bond donors (Lipinski definition) is 1. The molecule has 1 saturated heterocycles. The van der Waals surface area contributed by atoms with Crippen LogP contribution in [0, 0.1) is 0 Å². The number of carbonyl (C=O) groups is 1. The molecule has 0 unspecified atom stereocenters. The highest BCUT2D eigenvalue weighted by molar-refractivity contribution is 7.81. The van der Waals surface area contributed by atoms with E-state index in [0.29, 0.717) is 0 Å². The quantitative estimate of drug-likeness (QED) is 0.607. The summed E-state index contributed by atoms with van der Waals surface area (Å²) in [7, 11) is -2.46. The average molecular weight is 241 g/mol. The van der Waals surface area contributed by atoms with Crippen LogP contribution in [0.2, 0.25) is 0 Å². The van der Waals surface area contributed by atoms with E-state index in [1.807, 2.05) is 0 Å². The van der Waals surface area contributed by atoms with E-state index in [2.05, 4.69) is 16.1 Å². The van der Waals surface area contributed by atoms with Crippen LogP contribution in [-0.2, 0) is 24.1 Å². The van der Waals surface area contributed by atoms with Crippen LogP contribution in [0.25, 0.3) is 0 Å². The van der Waals surface area contributed by atoms with Crippen molar-refractivity contribution in [2.24, 2.45) is 0 Å². The molecule has 0 spiro atoms. The second-order valence-corrected chi connectivity index (χ2v) is 3.94. The zero-order valence-corrected chi connectivity index (χ0v) is 9.49.